The second kappa shape index (κ2) is 3.16. The maximum Gasteiger partial charge on any atom is 0.143 e. The molecule has 1 heterocycles. The quantitative estimate of drug-likeness (QED) is 0.757. The van der Waals surface area contributed by atoms with Crippen molar-refractivity contribution in [2.45, 2.75) is 38.2 Å². The van der Waals surface area contributed by atoms with Crippen molar-refractivity contribution in [2.24, 2.45) is 0 Å². The summed E-state index contributed by atoms with van der Waals surface area (Å²) in [6.07, 6.45) is 4.80. The van der Waals surface area contributed by atoms with Crippen molar-refractivity contribution in [3.63, 3.8) is 0 Å². The average Bonchev–Trinajstić information content (AvgIpc) is 2.25. The van der Waals surface area contributed by atoms with Crippen molar-refractivity contribution in [3.8, 4) is 5.75 Å². The fourth-order valence-electron chi connectivity index (χ4n) is 2.40. The van der Waals surface area contributed by atoms with Gasteiger partial charge in [-0.05, 0) is 43.4 Å². The highest BCUT2D eigenvalue weighted by Gasteiger charge is 2.41. The van der Waals surface area contributed by atoms with Gasteiger partial charge in [0.1, 0.15) is 11.4 Å². The lowest BCUT2D eigenvalue weighted by Gasteiger charge is -2.45. The molecule has 1 aliphatic heterocycles. The van der Waals surface area contributed by atoms with Gasteiger partial charge in [-0.1, -0.05) is 13.0 Å². The van der Waals surface area contributed by atoms with Crippen molar-refractivity contribution in [2.75, 3.05) is 11.9 Å². The molecule has 0 saturated heterocycles. The van der Waals surface area contributed by atoms with Crippen LogP contribution in [0.2, 0.25) is 0 Å². The van der Waals surface area contributed by atoms with Gasteiger partial charge in [0, 0.05) is 0 Å². The molecule has 0 atom stereocenters. The van der Waals surface area contributed by atoms with E-state index in [9.17, 15) is 0 Å². The molecular formula is C13H17NO. The van der Waals surface area contributed by atoms with Gasteiger partial charge < -0.3 is 10.1 Å². The summed E-state index contributed by atoms with van der Waals surface area (Å²) in [5, 5.41) is 3.51. The molecule has 0 radical (unpaired) electrons. The molecule has 0 amide bonds. The fraction of sp³-hybridized carbons (Fsp3) is 0.538. The van der Waals surface area contributed by atoms with Gasteiger partial charge in [0.25, 0.3) is 0 Å². The molecule has 1 aromatic rings. The number of nitrogens with one attached hydrogen (secondary N) is 1. The van der Waals surface area contributed by atoms with Crippen molar-refractivity contribution < 1.29 is 4.74 Å². The van der Waals surface area contributed by atoms with Gasteiger partial charge in [-0.3, -0.25) is 0 Å². The largest absolute Gasteiger partial charge is 0.483 e. The van der Waals surface area contributed by atoms with E-state index in [4.69, 9.17) is 4.74 Å². The van der Waals surface area contributed by atoms with E-state index in [0.29, 0.717) is 0 Å². The first kappa shape index (κ1) is 9.08. The minimum absolute atomic E-state index is 0.126. The van der Waals surface area contributed by atoms with Crippen LogP contribution in [0.1, 0.15) is 31.7 Å². The van der Waals surface area contributed by atoms with E-state index in [2.05, 4.69) is 30.4 Å². The molecule has 80 valence electrons. The van der Waals surface area contributed by atoms with Crippen LogP contribution < -0.4 is 10.1 Å². The monoisotopic (exact) mass is 203 g/mol. The Hall–Kier alpha value is -1.18. The second-order valence-electron chi connectivity index (χ2n) is 4.68. The summed E-state index contributed by atoms with van der Waals surface area (Å²) in [5.74, 6) is 1.04. The topological polar surface area (TPSA) is 21.3 Å². The van der Waals surface area contributed by atoms with Crippen LogP contribution in [0.3, 0.4) is 0 Å². The zero-order chi connectivity index (χ0) is 10.3. The molecule has 1 spiro atoms. The molecule has 15 heavy (non-hydrogen) atoms. The molecule has 0 bridgehead atoms. The van der Waals surface area contributed by atoms with Crippen LogP contribution in [0.25, 0.3) is 0 Å². The van der Waals surface area contributed by atoms with E-state index >= 15 is 0 Å². The van der Waals surface area contributed by atoms with Crippen molar-refractivity contribution in [3.05, 3.63) is 23.8 Å². The predicted molar refractivity (Wildman–Crippen MR) is 61.5 cm³/mol. The summed E-state index contributed by atoms with van der Waals surface area (Å²) in [4.78, 5) is 0. The standard InChI is InChI=1S/C13H17NO/c1-2-10-4-5-12-11(8-10)14-9-13(15-12)6-3-7-13/h4-5,8,14H,2-3,6-7,9H2,1H3. The first-order valence-corrected chi connectivity index (χ1v) is 5.87. The maximum atomic E-state index is 6.09. The summed E-state index contributed by atoms with van der Waals surface area (Å²) in [6.45, 7) is 3.16. The third kappa shape index (κ3) is 1.39. The van der Waals surface area contributed by atoms with Crippen LogP contribution >= 0.6 is 0 Å². The van der Waals surface area contributed by atoms with Crippen molar-refractivity contribution in [1.29, 1.82) is 0 Å². The molecule has 2 aliphatic rings. The third-order valence-electron chi connectivity index (χ3n) is 3.64. The lowest BCUT2D eigenvalue weighted by Crippen LogP contribution is -2.51. The van der Waals surface area contributed by atoms with E-state index in [0.717, 1.165) is 18.7 Å². The van der Waals surface area contributed by atoms with Gasteiger partial charge in [-0.15, -0.1) is 0 Å². The van der Waals surface area contributed by atoms with Gasteiger partial charge in [0.05, 0.1) is 12.2 Å². The Morgan fingerprint density at radius 2 is 2.27 bits per heavy atom. The van der Waals surface area contributed by atoms with Gasteiger partial charge in [-0.25, -0.2) is 0 Å². The lowest BCUT2D eigenvalue weighted by atomic mass is 9.79. The highest BCUT2D eigenvalue weighted by atomic mass is 16.5. The van der Waals surface area contributed by atoms with E-state index < -0.39 is 0 Å². The van der Waals surface area contributed by atoms with Crippen molar-refractivity contribution in [1.82, 2.24) is 0 Å². The van der Waals surface area contributed by atoms with Crippen LogP contribution in [0.5, 0.6) is 5.75 Å². The number of anilines is 1. The summed E-state index contributed by atoms with van der Waals surface area (Å²) >= 11 is 0. The highest BCUT2D eigenvalue weighted by molar-refractivity contribution is 5.60. The molecule has 1 N–H and O–H groups in total. The fourth-order valence-corrected chi connectivity index (χ4v) is 2.40. The van der Waals surface area contributed by atoms with Crippen LogP contribution in [-0.2, 0) is 6.42 Å². The lowest BCUT2D eigenvalue weighted by molar-refractivity contribution is 0.000185. The minimum atomic E-state index is 0.126. The highest BCUT2D eigenvalue weighted by Crippen LogP contribution is 2.42. The van der Waals surface area contributed by atoms with E-state index in [1.807, 2.05) is 0 Å². The number of hydrogen-bond acceptors (Lipinski definition) is 2. The second-order valence-corrected chi connectivity index (χ2v) is 4.68. The first-order chi connectivity index (χ1) is 7.31. The minimum Gasteiger partial charge on any atom is -0.483 e. The van der Waals surface area contributed by atoms with Crippen molar-refractivity contribution >= 4 is 5.69 Å². The third-order valence-corrected chi connectivity index (χ3v) is 3.64. The van der Waals surface area contributed by atoms with Crippen LogP contribution in [-0.4, -0.2) is 12.1 Å². The zero-order valence-corrected chi connectivity index (χ0v) is 9.18. The molecule has 1 fully saturated rings. The Kier molecular flexibility index (Phi) is 1.91. The molecule has 2 heteroatoms. The average molecular weight is 203 g/mol. The van der Waals surface area contributed by atoms with Gasteiger partial charge in [0.15, 0.2) is 0 Å². The smallest absolute Gasteiger partial charge is 0.143 e. The molecule has 1 saturated carbocycles. The Balaban J connectivity index is 1.90. The SMILES string of the molecule is CCc1ccc2c(c1)NCC1(CCC1)O2. The number of hydrogen-bond donors (Lipinski definition) is 1. The van der Waals surface area contributed by atoms with E-state index in [1.54, 1.807) is 0 Å². The summed E-state index contributed by atoms with van der Waals surface area (Å²) in [6, 6.07) is 6.49. The Morgan fingerprint density at radius 1 is 1.40 bits per heavy atom. The molecule has 2 nitrogen and oxygen atoms in total. The van der Waals surface area contributed by atoms with Gasteiger partial charge >= 0.3 is 0 Å². The van der Waals surface area contributed by atoms with Crippen LogP contribution in [0.15, 0.2) is 18.2 Å². The molecule has 1 aliphatic carbocycles. The molecule has 0 unspecified atom stereocenters. The number of fused-ring (bicyclic) bond motifs is 1. The summed E-state index contributed by atoms with van der Waals surface area (Å²) in [5.41, 5.74) is 2.67. The summed E-state index contributed by atoms with van der Waals surface area (Å²) < 4.78 is 6.09. The Bertz CT molecular complexity index is 382. The number of aryl methyl sites for hydroxylation is 1. The molecule has 3 rings (SSSR count). The Morgan fingerprint density at radius 3 is 2.93 bits per heavy atom. The Labute approximate surface area is 90.6 Å². The molecule has 1 aromatic carbocycles. The first-order valence-electron chi connectivity index (χ1n) is 5.87. The van der Waals surface area contributed by atoms with Gasteiger partial charge in [-0.2, -0.15) is 0 Å². The van der Waals surface area contributed by atoms with Crippen LogP contribution in [0.4, 0.5) is 5.69 Å². The number of rotatable bonds is 1. The number of benzene rings is 1. The van der Waals surface area contributed by atoms with Gasteiger partial charge in [0.2, 0.25) is 0 Å². The molecule has 0 aromatic heterocycles. The summed E-state index contributed by atoms with van der Waals surface area (Å²) in [7, 11) is 0. The van der Waals surface area contributed by atoms with E-state index in [-0.39, 0.29) is 5.60 Å². The normalized spacial score (nSPS) is 21.1. The number of ether oxygens (including phenoxy) is 1. The van der Waals surface area contributed by atoms with Crippen LogP contribution in [0, 0.1) is 0 Å². The zero-order valence-electron chi connectivity index (χ0n) is 9.18. The molecular weight excluding hydrogens is 186 g/mol. The van der Waals surface area contributed by atoms with E-state index in [1.165, 1.54) is 30.5 Å². The maximum absolute atomic E-state index is 6.09. The predicted octanol–water partition coefficient (Wildman–Crippen LogP) is 2.98.